The van der Waals surface area contributed by atoms with E-state index in [0.717, 1.165) is 6.42 Å². The molecule has 2 rings (SSSR count). The predicted molar refractivity (Wildman–Crippen MR) is 83.5 cm³/mol. The van der Waals surface area contributed by atoms with Gasteiger partial charge in [0.15, 0.2) is 0 Å². The molecular weight excluding hydrogens is 230 g/mol. The first-order valence-electron chi connectivity index (χ1n) is 7.09. The summed E-state index contributed by atoms with van der Waals surface area (Å²) in [4.78, 5) is 0. The van der Waals surface area contributed by atoms with Crippen molar-refractivity contribution in [2.75, 3.05) is 5.32 Å². The lowest BCUT2D eigenvalue weighted by Gasteiger charge is -2.22. The number of anilines is 1. The summed E-state index contributed by atoms with van der Waals surface area (Å²) in [6.07, 6.45) is 2.26. The molecule has 0 spiro atoms. The van der Waals surface area contributed by atoms with Gasteiger partial charge in [-0.15, -0.1) is 0 Å². The van der Waals surface area contributed by atoms with E-state index in [1.54, 1.807) is 0 Å². The zero-order valence-corrected chi connectivity index (χ0v) is 11.8. The third-order valence-corrected chi connectivity index (χ3v) is 3.23. The highest BCUT2D eigenvalue weighted by atomic mass is 14.9. The number of rotatable bonds is 6. The van der Waals surface area contributed by atoms with E-state index in [2.05, 4.69) is 79.8 Å². The summed E-state index contributed by atoms with van der Waals surface area (Å²) in [7, 11) is 0. The fraction of sp³-hybridized carbons (Fsp3) is 0.333. The fourth-order valence-corrected chi connectivity index (χ4v) is 2.43. The van der Waals surface area contributed by atoms with Crippen molar-refractivity contribution < 1.29 is 0 Å². The van der Waals surface area contributed by atoms with Crippen LogP contribution in [0.1, 0.15) is 25.8 Å². The van der Waals surface area contributed by atoms with E-state index in [-0.39, 0.29) is 0 Å². The Bertz CT molecular complexity index is 420. The van der Waals surface area contributed by atoms with Crippen LogP contribution in [0.15, 0.2) is 60.7 Å². The molecule has 1 N–H and O–H groups in total. The maximum atomic E-state index is 3.66. The van der Waals surface area contributed by atoms with E-state index in [9.17, 15) is 0 Å². The summed E-state index contributed by atoms with van der Waals surface area (Å²) in [6.45, 7) is 4.56. The second-order valence-corrected chi connectivity index (χ2v) is 5.53. The van der Waals surface area contributed by atoms with Crippen LogP contribution < -0.4 is 5.32 Å². The van der Waals surface area contributed by atoms with Gasteiger partial charge in [0, 0.05) is 11.7 Å². The van der Waals surface area contributed by atoms with Crippen LogP contribution in [0.3, 0.4) is 0 Å². The molecular formula is C18H23N. The molecule has 0 fully saturated rings. The number of para-hydroxylation sites is 1. The molecule has 0 amide bonds. The number of hydrogen-bond donors (Lipinski definition) is 1. The summed E-state index contributed by atoms with van der Waals surface area (Å²) < 4.78 is 0. The van der Waals surface area contributed by atoms with Gasteiger partial charge in [-0.3, -0.25) is 0 Å². The largest absolute Gasteiger partial charge is 0.382 e. The predicted octanol–water partition coefficient (Wildman–Crippen LogP) is 4.76. The Labute approximate surface area is 116 Å². The molecule has 2 aromatic rings. The first-order chi connectivity index (χ1) is 9.24. The highest BCUT2D eigenvalue weighted by molar-refractivity contribution is 5.43. The van der Waals surface area contributed by atoms with Gasteiger partial charge in [0.05, 0.1) is 0 Å². The number of nitrogens with one attached hydrogen (secondary N) is 1. The second-order valence-electron chi connectivity index (χ2n) is 5.53. The van der Waals surface area contributed by atoms with E-state index >= 15 is 0 Å². The number of benzene rings is 2. The van der Waals surface area contributed by atoms with Gasteiger partial charge in [-0.2, -0.15) is 0 Å². The molecule has 0 aliphatic heterocycles. The van der Waals surface area contributed by atoms with Crippen LogP contribution in [0.4, 0.5) is 5.69 Å². The maximum Gasteiger partial charge on any atom is 0.0342 e. The van der Waals surface area contributed by atoms with Crippen LogP contribution >= 0.6 is 0 Å². The molecule has 0 saturated carbocycles. The van der Waals surface area contributed by atoms with Crippen molar-refractivity contribution in [2.24, 2.45) is 5.92 Å². The van der Waals surface area contributed by atoms with E-state index in [1.165, 1.54) is 17.7 Å². The van der Waals surface area contributed by atoms with E-state index < -0.39 is 0 Å². The van der Waals surface area contributed by atoms with E-state index in [0.29, 0.717) is 12.0 Å². The molecule has 19 heavy (non-hydrogen) atoms. The Morgan fingerprint density at radius 3 is 2.00 bits per heavy atom. The molecule has 1 unspecified atom stereocenters. The third kappa shape index (κ3) is 4.78. The lowest BCUT2D eigenvalue weighted by molar-refractivity contribution is 0.515. The van der Waals surface area contributed by atoms with Gasteiger partial charge in [-0.05, 0) is 36.5 Å². The Morgan fingerprint density at radius 1 is 0.842 bits per heavy atom. The standard InChI is InChI=1S/C18H23N/c1-15(2)13-18(14-16-9-5-3-6-10-16)19-17-11-7-4-8-12-17/h3-12,15,18-19H,13-14H2,1-2H3. The van der Waals surface area contributed by atoms with Gasteiger partial charge in [0.25, 0.3) is 0 Å². The van der Waals surface area contributed by atoms with Crippen LogP contribution in [0.2, 0.25) is 0 Å². The topological polar surface area (TPSA) is 12.0 Å². The summed E-state index contributed by atoms with van der Waals surface area (Å²) in [5.74, 6) is 0.699. The van der Waals surface area contributed by atoms with Crippen LogP contribution in [-0.4, -0.2) is 6.04 Å². The molecule has 2 aromatic carbocycles. The summed E-state index contributed by atoms with van der Waals surface area (Å²) >= 11 is 0. The highest BCUT2D eigenvalue weighted by Gasteiger charge is 2.11. The first kappa shape index (κ1) is 13.7. The monoisotopic (exact) mass is 253 g/mol. The quantitative estimate of drug-likeness (QED) is 0.783. The molecule has 0 bridgehead atoms. The highest BCUT2D eigenvalue weighted by Crippen LogP contribution is 2.16. The SMILES string of the molecule is CC(C)CC(Cc1ccccc1)Nc1ccccc1. The van der Waals surface area contributed by atoms with Crippen LogP contribution in [-0.2, 0) is 6.42 Å². The minimum atomic E-state index is 0.491. The first-order valence-corrected chi connectivity index (χ1v) is 7.09. The van der Waals surface area contributed by atoms with Crippen molar-refractivity contribution in [1.82, 2.24) is 0 Å². The summed E-state index contributed by atoms with van der Waals surface area (Å²) in [6, 6.07) is 21.7. The zero-order chi connectivity index (χ0) is 13.5. The van der Waals surface area contributed by atoms with Gasteiger partial charge in [-0.25, -0.2) is 0 Å². The average molecular weight is 253 g/mol. The molecule has 1 nitrogen and oxygen atoms in total. The Kier molecular flexibility index (Phi) is 5.02. The molecule has 1 heteroatoms. The van der Waals surface area contributed by atoms with Gasteiger partial charge in [0.1, 0.15) is 0 Å². The van der Waals surface area contributed by atoms with E-state index in [4.69, 9.17) is 0 Å². The molecule has 0 aliphatic rings. The second kappa shape index (κ2) is 6.98. The lowest BCUT2D eigenvalue weighted by Crippen LogP contribution is -2.24. The van der Waals surface area contributed by atoms with Crippen molar-refractivity contribution >= 4 is 5.69 Å². The molecule has 100 valence electrons. The van der Waals surface area contributed by atoms with Crippen molar-refractivity contribution in [2.45, 2.75) is 32.7 Å². The fourth-order valence-electron chi connectivity index (χ4n) is 2.43. The molecule has 1 atom stereocenters. The maximum absolute atomic E-state index is 3.66. The average Bonchev–Trinajstić information content (AvgIpc) is 2.40. The van der Waals surface area contributed by atoms with E-state index in [1.807, 2.05) is 0 Å². The van der Waals surface area contributed by atoms with Crippen molar-refractivity contribution in [3.63, 3.8) is 0 Å². The molecule has 0 saturated heterocycles. The lowest BCUT2D eigenvalue weighted by atomic mass is 9.97. The van der Waals surface area contributed by atoms with Gasteiger partial charge in [-0.1, -0.05) is 62.4 Å². The molecule has 0 heterocycles. The summed E-state index contributed by atoms with van der Waals surface area (Å²) in [5, 5.41) is 3.66. The van der Waals surface area contributed by atoms with Crippen LogP contribution in [0.5, 0.6) is 0 Å². The minimum Gasteiger partial charge on any atom is -0.382 e. The Hall–Kier alpha value is -1.76. The normalized spacial score (nSPS) is 12.4. The van der Waals surface area contributed by atoms with Crippen LogP contribution in [0.25, 0.3) is 0 Å². The van der Waals surface area contributed by atoms with Gasteiger partial charge < -0.3 is 5.32 Å². The minimum absolute atomic E-state index is 0.491. The molecule has 0 aromatic heterocycles. The van der Waals surface area contributed by atoms with Gasteiger partial charge in [0.2, 0.25) is 0 Å². The Morgan fingerprint density at radius 2 is 1.42 bits per heavy atom. The Balaban J connectivity index is 2.03. The van der Waals surface area contributed by atoms with Gasteiger partial charge >= 0.3 is 0 Å². The van der Waals surface area contributed by atoms with Crippen molar-refractivity contribution in [3.8, 4) is 0 Å². The molecule has 0 radical (unpaired) electrons. The van der Waals surface area contributed by atoms with Crippen molar-refractivity contribution in [1.29, 1.82) is 0 Å². The summed E-state index contributed by atoms with van der Waals surface area (Å²) in [5.41, 5.74) is 2.61. The third-order valence-electron chi connectivity index (χ3n) is 3.23. The zero-order valence-electron chi connectivity index (χ0n) is 11.8. The smallest absolute Gasteiger partial charge is 0.0342 e. The molecule has 0 aliphatic carbocycles. The van der Waals surface area contributed by atoms with Crippen LogP contribution in [0, 0.1) is 5.92 Å². The number of hydrogen-bond acceptors (Lipinski definition) is 1. The van der Waals surface area contributed by atoms with Crippen molar-refractivity contribution in [3.05, 3.63) is 66.2 Å².